The van der Waals surface area contributed by atoms with E-state index < -0.39 is 10.5 Å². The number of nitro groups is 1. The summed E-state index contributed by atoms with van der Waals surface area (Å²) >= 11 is 0. The van der Waals surface area contributed by atoms with E-state index >= 15 is 0 Å². The normalized spacial score (nSPS) is 10.9. The molecule has 0 bridgehead atoms. The zero-order chi connectivity index (χ0) is 24.2. The summed E-state index contributed by atoms with van der Waals surface area (Å²) < 4.78 is 18.3. The number of para-hydroxylation sites is 1. The lowest BCUT2D eigenvalue weighted by Crippen LogP contribution is -2.02. The summed E-state index contributed by atoms with van der Waals surface area (Å²) in [4.78, 5) is 22.3. The highest BCUT2D eigenvalue weighted by Gasteiger charge is 2.10. The third-order valence-electron chi connectivity index (χ3n) is 5.16. The fourth-order valence-electron chi connectivity index (χ4n) is 3.47. The third-order valence-corrected chi connectivity index (χ3v) is 5.16. The van der Waals surface area contributed by atoms with Gasteiger partial charge in [0.15, 0.2) is 0 Å². The van der Waals surface area contributed by atoms with Crippen molar-refractivity contribution in [2.45, 2.75) is 13.2 Å². The minimum Gasteiger partial charge on any atom is -0.489 e. The Morgan fingerprint density at radius 2 is 1.77 bits per heavy atom. The van der Waals surface area contributed by atoms with Crippen molar-refractivity contribution in [3.8, 4) is 17.2 Å². The maximum atomic E-state index is 11.8. The van der Waals surface area contributed by atoms with Crippen LogP contribution in [0.4, 0.5) is 5.69 Å². The molecule has 2 aromatic heterocycles. The van der Waals surface area contributed by atoms with Crippen molar-refractivity contribution in [3.05, 3.63) is 117 Å². The summed E-state index contributed by atoms with van der Waals surface area (Å²) in [5.41, 5.74) is 2.02. The highest BCUT2D eigenvalue weighted by Crippen LogP contribution is 2.24. The van der Waals surface area contributed by atoms with E-state index in [0.29, 0.717) is 33.7 Å². The number of fused-ring (bicyclic) bond motifs is 1. The van der Waals surface area contributed by atoms with Gasteiger partial charge < -0.3 is 13.9 Å². The largest absolute Gasteiger partial charge is 0.489 e. The van der Waals surface area contributed by atoms with Gasteiger partial charge in [-0.05, 0) is 42.0 Å². The Morgan fingerprint density at radius 3 is 2.60 bits per heavy atom. The van der Waals surface area contributed by atoms with Crippen molar-refractivity contribution < 1.29 is 18.8 Å². The summed E-state index contributed by atoms with van der Waals surface area (Å²) in [7, 11) is 0. The molecule has 0 saturated carbocycles. The van der Waals surface area contributed by atoms with Crippen molar-refractivity contribution in [1.29, 1.82) is 0 Å². The molecule has 0 atom stereocenters. The maximum Gasteiger partial charge on any atom is 0.339 e. The molecule has 0 aliphatic rings. The van der Waals surface area contributed by atoms with Crippen LogP contribution in [0.5, 0.6) is 11.5 Å². The van der Waals surface area contributed by atoms with E-state index in [1.807, 2.05) is 24.3 Å². The Morgan fingerprint density at radius 1 is 0.943 bits per heavy atom. The number of rotatable bonds is 8. The number of nitrogens with zero attached hydrogens (tertiary/aromatic N) is 4. The van der Waals surface area contributed by atoms with Gasteiger partial charge in [-0.2, -0.15) is 0 Å². The Labute approximate surface area is 198 Å². The molecule has 0 amide bonds. The van der Waals surface area contributed by atoms with Crippen molar-refractivity contribution in [3.63, 3.8) is 0 Å². The Hall–Kier alpha value is -4.99. The number of benzene rings is 3. The van der Waals surface area contributed by atoms with Gasteiger partial charge in [0, 0.05) is 12.1 Å². The van der Waals surface area contributed by atoms with Gasteiger partial charge in [-0.15, -0.1) is 5.10 Å². The van der Waals surface area contributed by atoms with Gasteiger partial charge in [-0.1, -0.05) is 29.5 Å². The smallest absolute Gasteiger partial charge is 0.339 e. The topological polar surface area (TPSA) is 123 Å². The van der Waals surface area contributed by atoms with Crippen molar-refractivity contribution >= 4 is 16.7 Å². The first-order valence-corrected chi connectivity index (χ1v) is 10.6. The fraction of sp³-hybridized carbons (Fsp3) is 0.0800. The standard InChI is InChI=1S/C25H18N4O6/c30-25-13-24(22-6-1-2-7-23(22)35-25)34-16-18-14-28(27-26-18)19-8-10-21(11-9-19)33-15-17-4-3-5-20(12-17)29(31)32/h1-14H,15-16H2. The second kappa shape index (κ2) is 9.48. The monoisotopic (exact) mass is 470 g/mol. The van der Waals surface area contributed by atoms with Gasteiger partial charge in [0.05, 0.1) is 28.3 Å². The zero-order valence-corrected chi connectivity index (χ0v) is 18.2. The molecule has 174 valence electrons. The number of hydrogen-bond acceptors (Lipinski definition) is 8. The Kier molecular flexibility index (Phi) is 5.91. The molecule has 3 aromatic carbocycles. The molecule has 0 aliphatic heterocycles. The summed E-state index contributed by atoms with van der Waals surface area (Å²) in [6, 6.07) is 22.0. The summed E-state index contributed by atoms with van der Waals surface area (Å²) in [5.74, 6) is 1.02. The van der Waals surface area contributed by atoms with Crippen LogP contribution in [-0.2, 0) is 13.2 Å². The molecule has 0 unspecified atom stereocenters. The Bertz CT molecular complexity index is 1560. The SMILES string of the molecule is O=c1cc(OCc2cn(-c3ccc(OCc4cccc([N+](=O)[O-])c4)cc3)nn2)c2ccccc2o1. The highest BCUT2D eigenvalue weighted by atomic mass is 16.6. The van der Waals surface area contributed by atoms with Gasteiger partial charge in [0.1, 0.15) is 36.0 Å². The van der Waals surface area contributed by atoms with Crippen molar-refractivity contribution in [2.24, 2.45) is 0 Å². The van der Waals surface area contributed by atoms with E-state index in [-0.39, 0.29) is 18.9 Å². The molecule has 2 heterocycles. The summed E-state index contributed by atoms with van der Waals surface area (Å²) in [6.45, 7) is 0.330. The predicted molar refractivity (Wildman–Crippen MR) is 126 cm³/mol. The number of hydrogen-bond donors (Lipinski definition) is 0. The second-order valence-corrected chi connectivity index (χ2v) is 7.58. The number of non-ortho nitro benzene ring substituents is 1. The van der Waals surface area contributed by atoms with E-state index in [1.54, 1.807) is 47.3 Å². The average molecular weight is 470 g/mol. The molecule has 0 N–H and O–H groups in total. The van der Waals surface area contributed by atoms with E-state index in [1.165, 1.54) is 18.2 Å². The van der Waals surface area contributed by atoms with Gasteiger partial charge in [-0.25, -0.2) is 9.48 Å². The molecule has 5 aromatic rings. The van der Waals surface area contributed by atoms with Gasteiger partial charge in [0.2, 0.25) is 0 Å². The molecule has 35 heavy (non-hydrogen) atoms. The first-order valence-electron chi connectivity index (χ1n) is 10.6. The van der Waals surface area contributed by atoms with Gasteiger partial charge in [0.25, 0.3) is 5.69 Å². The molecule has 0 radical (unpaired) electrons. The van der Waals surface area contributed by atoms with Crippen LogP contribution in [0, 0.1) is 10.1 Å². The molecule has 0 aliphatic carbocycles. The van der Waals surface area contributed by atoms with Crippen LogP contribution in [0.15, 0.2) is 94.3 Å². The molecular weight excluding hydrogens is 452 g/mol. The lowest BCUT2D eigenvalue weighted by Gasteiger charge is -2.07. The van der Waals surface area contributed by atoms with Crippen molar-refractivity contribution in [2.75, 3.05) is 0 Å². The average Bonchev–Trinajstić information content (AvgIpc) is 3.35. The molecular formula is C25H18N4O6. The Balaban J connectivity index is 1.23. The third kappa shape index (κ3) is 5.01. The van der Waals surface area contributed by atoms with Crippen LogP contribution in [0.3, 0.4) is 0 Å². The molecule has 0 fully saturated rings. The van der Waals surface area contributed by atoms with Crippen molar-refractivity contribution in [1.82, 2.24) is 15.0 Å². The second-order valence-electron chi connectivity index (χ2n) is 7.58. The van der Waals surface area contributed by atoms with Crippen LogP contribution in [0.2, 0.25) is 0 Å². The fourth-order valence-corrected chi connectivity index (χ4v) is 3.47. The van der Waals surface area contributed by atoms with Gasteiger partial charge >= 0.3 is 5.63 Å². The van der Waals surface area contributed by atoms with Crippen LogP contribution in [-0.4, -0.2) is 19.9 Å². The zero-order valence-electron chi connectivity index (χ0n) is 18.2. The van der Waals surface area contributed by atoms with E-state index in [0.717, 1.165) is 5.69 Å². The molecule has 0 spiro atoms. The van der Waals surface area contributed by atoms with E-state index in [9.17, 15) is 14.9 Å². The predicted octanol–water partition coefficient (Wildman–Crippen LogP) is 4.44. The summed E-state index contributed by atoms with van der Waals surface area (Å²) in [6.07, 6.45) is 1.73. The number of aromatic nitrogens is 3. The van der Waals surface area contributed by atoms with Gasteiger partial charge in [-0.3, -0.25) is 10.1 Å². The van der Waals surface area contributed by atoms with Crippen LogP contribution in [0.1, 0.15) is 11.3 Å². The first kappa shape index (κ1) is 21.8. The highest BCUT2D eigenvalue weighted by molar-refractivity contribution is 5.82. The molecule has 10 nitrogen and oxygen atoms in total. The minimum absolute atomic E-state index is 0.0244. The maximum absolute atomic E-state index is 11.8. The summed E-state index contributed by atoms with van der Waals surface area (Å²) in [5, 5.41) is 19.9. The van der Waals surface area contributed by atoms with Crippen LogP contribution >= 0.6 is 0 Å². The van der Waals surface area contributed by atoms with E-state index in [2.05, 4.69) is 10.3 Å². The quantitative estimate of drug-likeness (QED) is 0.185. The van der Waals surface area contributed by atoms with E-state index in [4.69, 9.17) is 13.9 Å². The van der Waals surface area contributed by atoms with Crippen LogP contribution in [0.25, 0.3) is 16.7 Å². The number of nitro benzene ring substituents is 1. The minimum atomic E-state index is -0.491. The molecule has 0 saturated heterocycles. The lowest BCUT2D eigenvalue weighted by atomic mass is 10.2. The lowest BCUT2D eigenvalue weighted by molar-refractivity contribution is -0.384. The van der Waals surface area contributed by atoms with Crippen LogP contribution < -0.4 is 15.1 Å². The first-order chi connectivity index (χ1) is 17.0. The molecule has 5 rings (SSSR count). The molecule has 10 heteroatoms. The number of ether oxygens (including phenoxy) is 2.